The Bertz CT molecular complexity index is 119. The van der Waals surface area contributed by atoms with Gasteiger partial charge in [-0.1, -0.05) is 13.8 Å². The zero-order chi connectivity index (χ0) is 6.91. The monoisotopic (exact) mass is 144 g/mol. The van der Waals surface area contributed by atoms with Crippen molar-refractivity contribution in [2.45, 2.75) is 13.8 Å². The average Bonchev–Trinajstić information content (AvgIpc) is 1.78. The molecule has 52 valence electrons. The lowest BCUT2D eigenvalue weighted by Crippen LogP contribution is -2.52. The van der Waals surface area contributed by atoms with E-state index in [-0.39, 0.29) is 0 Å². The Labute approximate surface area is 61.0 Å². The van der Waals surface area contributed by atoms with E-state index in [1.807, 2.05) is 0 Å². The molecule has 1 fully saturated rings. The van der Waals surface area contributed by atoms with Gasteiger partial charge in [0.15, 0.2) is 5.11 Å². The molecule has 1 saturated heterocycles. The highest BCUT2D eigenvalue weighted by Gasteiger charge is 2.21. The first-order valence-electron chi connectivity index (χ1n) is 3.12. The van der Waals surface area contributed by atoms with E-state index in [2.05, 4.69) is 24.5 Å². The molecule has 2 N–H and O–H groups in total. The summed E-state index contributed by atoms with van der Waals surface area (Å²) in [5, 5.41) is 6.97. The van der Waals surface area contributed by atoms with E-state index in [9.17, 15) is 0 Å². The van der Waals surface area contributed by atoms with Crippen molar-refractivity contribution in [2.75, 3.05) is 13.1 Å². The summed E-state index contributed by atoms with van der Waals surface area (Å²) < 4.78 is 0. The van der Waals surface area contributed by atoms with Crippen LogP contribution in [0.2, 0.25) is 0 Å². The third-order valence-corrected chi connectivity index (χ3v) is 1.74. The molecule has 0 aromatic carbocycles. The Morgan fingerprint density at radius 1 is 1.33 bits per heavy atom. The molecule has 1 heterocycles. The smallest absolute Gasteiger partial charge is 0.166 e. The van der Waals surface area contributed by atoms with Crippen molar-refractivity contribution in [3.05, 3.63) is 0 Å². The third kappa shape index (κ3) is 1.82. The Morgan fingerprint density at radius 2 is 1.78 bits per heavy atom. The first kappa shape index (κ1) is 6.81. The molecule has 0 spiro atoms. The highest BCUT2D eigenvalue weighted by Crippen LogP contribution is 2.13. The number of nitrogens with one attached hydrogen (secondary N) is 2. The molecule has 9 heavy (non-hydrogen) atoms. The molecule has 0 aliphatic carbocycles. The van der Waals surface area contributed by atoms with Gasteiger partial charge in [-0.15, -0.1) is 0 Å². The molecule has 0 amide bonds. The van der Waals surface area contributed by atoms with Gasteiger partial charge in [-0.3, -0.25) is 0 Å². The third-order valence-electron chi connectivity index (χ3n) is 1.45. The van der Waals surface area contributed by atoms with Crippen molar-refractivity contribution in [3.8, 4) is 0 Å². The molecule has 2 nitrogen and oxygen atoms in total. The van der Waals surface area contributed by atoms with Crippen LogP contribution in [0.25, 0.3) is 0 Å². The topological polar surface area (TPSA) is 24.1 Å². The first-order chi connectivity index (χ1) is 4.10. The van der Waals surface area contributed by atoms with E-state index in [0.717, 1.165) is 18.2 Å². The maximum absolute atomic E-state index is 4.89. The van der Waals surface area contributed by atoms with Gasteiger partial charge in [-0.2, -0.15) is 0 Å². The molecule has 3 heteroatoms. The summed E-state index contributed by atoms with van der Waals surface area (Å²) in [5.41, 5.74) is 0.350. The molecule has 0 saturated carbocycles. The van der Waals surface area contributed by atoms with Crippen LogP contribution in [-0.2, 0) is 0 Å². The molecule has 0 unspecified atom stereocenters. The molecule has 0 bridgehead atoms. The minimum atomic E-state index is 0.350. The van der Waals surface area contributed by atoms with Crippen molar-refractivity contribution in [1.29, 1.82) is 0 Å². The Morgan fingerprint density at radius 3 is 2.11 bits per heavy atom. The van der Waals surface area contributed by atoms with Crippen LogP contribution < -0.4 is 10.6 Å². The van der Waals surface area contributed by atoms with Gasteiger partial charge in [0, 0.05) is 13.1 Å². The van der Waals surface area contributed by atoms with Crippen LogP contribution in [0.1, 0.15) is 13.8 Å². The second kappa shape index (κ2) is 2.14. The predicted molar refractivity (Wildman–Crippen MR) is 42.4 cm³/mol. The molecule has 0 atom stereocenters. The Kier molecular flexibility index (Phi) is 1.62. The van der Waals surface area contributed by atoms with Crippen molar-refractivity contribution >= 4 is 17.3 Å². The summed E-state index contributed by atoms with van der Waals surface area (Å²) in [6, 6.07) is 0. The SMILES string of the molecule is CC1(C)CNC(=S)NC1. The van der Waals surface area contributed by atoms with Crippen LogP contribution in [0, 0.1) is 5.41 Å². The standard InChI is InChI=1S/C6H12N2S/c1-6(2)3-7-5(9)8-4-6/h3-4H2,1-2H3,(H2,7,8,9). The van der Waals surface area contributed by atoms with Crippen LogP contribution in [0.4, 0.5) is 0 Å². The summed E-state index contributed by atoms with van der Waals surface area (Å²) in [7, 11) is 0. The first-order valence-corrected chi connectivity index (χ1v) is 3.53. The van der Waals surface area contributed by atoms with E-state index in [1.165, 1.54) is 0 Å². The summed E-state index contributed by atoms with van der Waals surface area (Å²) in [5.74, 6) is 0. The van der Waals surface area contributed by atoms with Gasteiger partial charge >= 0.3 is 0 Å². The lowest BCUT2D eigenvalue weighted by molar-refractivity contribution is 0.337. The van der Waals surface area contributed by atoms with Crippen LogP contribution in [-0.4, -0.2) is 18.2 Å². The molecule has 1 aliphatic rings. The molecule has 1 aliphatic heterocycles. The lowest BCUT2D eigenvalue weighted by atomic mass is 9.92. The van der Waals surface area contributed by atoms with E-state index in [1.54, 1.807) is 0 Å². The predicted octanol–water partition coefficient (Wildman–Crippen LogP) is 0.490. The van der Waals surface area contributed by atoms with Crippen molar-refractivity contribution in [1.82, 2.24) is 10.6 Å². The lowest BCUT2D eigenvalue weighted by Gasteiger charge is -2.31. The molecule has 0 aromatic heterocycles. The maximum Gasteiger partial charge on any atom is 0.166 e. The van der Waals surface area contributed by atoms with Gasteiger partial charge in [0.1, 0.15) is 0 Å². The van der Waals surface area contributed by atoms with E-state index >= 15 is 0 Å². The van der Waals surface area contributed by atoms with Crippen LogP contribution in [0.15, 0.2) is 0 Å². The number of thiocarbonyl (C=S) groups is 1. The average molecular weight is 144 g/mol. The highest BCUT2D eigenvalue weighted by atomic mass is 32.1. The number of hydrogen-bond donors (Lipinski definition) is 2. The van der Waals surface area contributed by atoms with Gasteiger partial charge < -0.3 is 10.6 Å². The minimum absolute atomic E-state index is 0.350. The largest absolute Gasteiger partial charge is 0.362 e. The zero-order valence-electron chi connectivity index (χ0n) is 5.82. The summed E-state index contributed by atoms with van der Waals surface area (Å²) >= 11 is 4.89. The fourth-order valence-electron chi connectivity index (χ4n) is 0.764. The van der Waals surface area contributed by atoms with Gasteiger partial charge in [0.2, 0.25) is 0 Å². The number of rotatable bonds is 0. The Balaban J connectivity index is 2.44. The molecule has 0 aromatic rings. The molecular weight excluding hydrogens is 132 g/mol. The van der Waals surface area contributed by atoms with Crippen molar-refractivity contribution in [2.24, 2.45) is 5.41 Å². The normalized spacial score (nSPS) is 24.4. The van der Waals surface area contributed by atoms with Crippen LogP contribution in [0.5, 0.6) is 0 Å². The van der Waals surface area contributed by atoms with E-state index in [0.29, 0.717) is 5.41 Å². The highest BCUT2D eigenvalue weighted by molar-refractivity contribution is 7.80. The second-order valence-electron chi connectivity index (χ2n) is 3.20. The fourth-order valence-corrected chi connectivity index (χ4v) is 0.908. The summed E-state index contributed by atoms with van der Waals surface area (Å²) in [6.07, 6.45) is 0. The summed E-state index contributed by atoms with van der Waals surface area (Å²) in [6.45, 7) is 6.38. The van der Waals surface area contributed by atoms with Gasteiger partial charge in [0.25, 0.3) is 0 Å². The van der Waals surface area contributed by atoms with Gasteiger partial charge in [0.05, 0.1) is 0 Å². The molecule has 1 rings (SSSR count). The van der Waals surface area contributed by atoms with Crippen molar-refractivity contribution in [3.63, 3.8) is 0 Å². The number of hydrogen-bond acceptors (Lipinski definition) is 1. The van der Waals surface area contributed by atoms with E-state index < -0.39 is 0 Å². The van der Waals surface area contributed by atoms with E-state index in [4.69, 9.17) is 12.2 Å². The molecular formula is C6H12N2S. The van der Waals surface area contributed by atoms with Gasteiger partial charge in [-0.05, 0) is 17.6 Å². The van der Waals surface area contributed by atoms with Crippen LogP contribution in [0.3, 0.4) is 0 Å². The summed E-state index contributed by atoms with van der Waals surface area (Å²) in [4.78, 5) is 0. The Hall–Kier alpha value is -0.310. The minimum Gasteiger partial charge on any atom is -0.362 e. The molecule has 0 radical (unpaired) electrons. The quantitative estimate of drug-likeness (QED) is 0.484. The second-order valence-corrected chi connectivity index (χ2v) is 3.61. The maximum atomic E-state index is 4.89. The van der Waals surface area contributed by atoms with Crippen LogP contribution >= 0.6 is 12.2 Å². The fraction of sp³-hybridized carbons (Fsp3) is 0.833. The van der Waals surface area contributed by atoms with Crippen molar-refractivity contribution < 1.29 is 0 Å². The zero-order valence-corrected chi connectivity index (χ0v) is 6.64. The van der Waals surface area contributed by atoms with Gasteiger partial charge in [-0.25, -0.2) is 0 Å².